The summed E-state index contributed by atoms with van der Waals surface area (Å²) in [7, 11) is 0. The van der Waals surface area contributed by atoms with E-state index in [1.54, 1.807) is 0 Å². The Kier molecular flexibility index (Phi) is 10.2. The largest absolute Gasteiger partial charge is 0.455 e. The minimum atomic E-state index is 0.442. The van der Waals surface area contributed by atoms with E-state index in [4.69, 9.17) is 19.4 Å². The maximum Gasteiger partial charge on any atom is 0.164 e. The minimum Gasteiger partial charge on any atom is -0.455 e. The fourth-order valence-corrected chi connectivity index (χ4v) is 9.30. The topological polar surface area (TPSA) is 87.7 Å². The summed E-state index contributed by atoms with van der Waals surface area (Å²) in [4.78, 5) is 15.2. The first-order chi connectivity index (χ1) is 33.6. The zero-order chi connectivity index (χ0) is 45.4. The number of nitrogens with zero attached hydrogens (tertiary/aromatic N) is 3. The van der Waals surface area contributed by atoms with Gasteiger partial charge in [0.15, 0.2) is 17.5 Å². The van der Waals surface area contributed by atoms with Gasteiger partial charge in [0.2, 0.25) is 0 Å². The van der Waals surface area contributed by atoms with Crippen molar-refractivity contribution in [2.24, 2.45) is 0 Å². The fourth-order valence-electron chi connectivity index (χ4n) is 9.30. The molecule has 0 radical (unpaired) electrons. The molecule has 68 heavy (non-hydrogen) atoms. The molecule has 2 N–H and O–H groups in total. The highest BCUT2D eigenvalue weighted by Crippen LogP contribution is 2.43. The monoisotopic (exact) mass is 871 g/mol. The quantitative estimate of drug-likeness (QED) is 0.141. The van der Waals surface area contributed by atoms with E-state index >= 15 is 0 Å². The summed E-state index contributed by atoms with van der Waals surface area (Å²) < 4.78 is 6.38. The van der Waals surface area contributed by atoms with Crippen LogP contribution in [0.3, 0.4) is 0 Å². The molecule has 0 spiro atoms. The summed E-state index contributed by atoms with van der Waals surface area (Å²) in [6.07, 6.45) is 0. The van der Waals surface area contributed by atoms with Crippen molar-refractivity contribution in [2.45, 2.75) is 0 Å². The summed E-state index contributed by atoms with van der Waals surface area (Å²) in [5, 5.41) is 15.8. The van der Waals surface area contributed by atoms with E-state index in [0.717, 1.165) is 106 Å². The Morgan fingerprint density at radius 3 is 1.46 bits per heavy atom. The first-order valence-corrected chi connectivity index (χ1v) is 22.7. The molecule has 0 unspecified atom stereocenters. The SMILES string of the molecule is N=C(/C(=C1\NC(c2ccccc2)=C(c2ccc(-c3nc(-c4ccccc4)nc(-c4ccc(-c5cccc6c5oc5ccccc56)cc4)n3)cc2)c2ccccc21)c1ccccc1)c1ccccc1. The number of para-hydroxylation sites is 2. The Morgan fingerprint density at radius 2 is 0.824 bits per heavy atom. The average molecular weight is 872 g/mol. The lowest BCUT2D eigenvalue weighted by Gasteiger charge is -2.30. The molecule has 320 valence electrons. The van der Waals surface area contributed by atoms with Crippen molar-refractivity contribution in [3.8, 4) is 45.3 Å². The Balaban J connectivity index is 0.962. The molecule has 1 aliphatic heterocycles. The van der Waals surface area contributed by atoms with E-state index in [9.17, 15) is 5.41 Å². The summed E-state index contributed by atoms with van der Waals surface area (Å²) in [6.45, 7) is 0. The smallest absolute Gasteiger partial charge is 0.164 e. The van der Waals surface area contributed by atoms with Crippen LogP contribution in [0.5, 0.6) is 0 Å². The van der Waals surface area contributed by atoms with Crippen LogP contribution in [0, 0.1) is 5.41 Å². The van der Waals surface area contributed by atoms with E-state index in [2.05, 4.69) is 139 Å². The number of fused-ring (bicyclic) bond motifs is 4. The highest BCUT2D eigenvalue weighted by atomic mass is 16.3. The van der Waals surface area contributed by atoms with Crippen LogP contribution in [-0.2, 0) is 0 Å². The van der Waals surface area contributed by atoms with Crippen LogP contribution >= 0.6 is 0 Å². The van der Waals surface area contributed by atoms with Gasteiger partial charge in [0.05, 0.1) is 17.1 Å². The number of rotatable bonds is 9. The van der Waals surface area contributed by atoms with E-state index in [1.807, 2.05) is 103 Å². The highest BCUT2D eigenvalue weighted by Gasteiger charge is 2.29. The number of benzene rings is 9. The van der Waals surface area contributed by atoms with Gasteiger partial charge in [-0.15, -0.1) is 0 Å². The number of hydrogen-bond acceptors (Lipinski definition) is 6. The van der Waals surface area contributed by atoms with Gasteiger partial charge in [-0.25, -0.2) is 15.0 Å². The predicted octanol–water partition coefficient (Wildman–Crippen LogP) is 14.9. The maximum atomic E-state index is 9.69. The predicted molar refractivity (Wildman–Crippen MR) is 277 cm³/mol. The Bertz CT molecular complexity index is 3730. The molecule has 0 fully saturated rings. The molecule has 0 saturated carbocycles. The molecule has 1 aliphatic rings. The molecule has 0 amide bonds. The van der Waals surface area contributed by atoms with Crippen LogP contribution in [0.15, 0.2) is 241 Å². The van der Waals surface area contributed by atoms with Gasteiger partial charge in [0.1, 0.15) is 11.2 Å². The first-order valence-electron chi connectivity index (χ1n) is 22.7. The molecule has 3 heterocycles. The van der Waals surface area contributed by atoms with Crippen molar-refractivity contribution in [2.75, 3.05) is 0 Å². The lowest BCUT2D eigenvalue weighted by Crippen LogP contribution is -2.23. The summed E-state index contributed by atoms with van der Waals surface area (Å²) in [5.74, 6) is 1.76. The van der Waals surface area contributed by atoms with Crippen LogP contribution in [0.1, 0.15) is 33.4 Å². The van der Waals surface area contributed by atoms with E-state index in [0.29, 0.717) is 23.2 Å². The summed E-state index contributed by atoms with van der Waals surface area (Å²) in [6, 6.07) is 80.6. The zero-order valence-electron chi connectivity index (χ0n) is 36.8. The lowest BCUT2D eigenvalue weighted by atomic mass is 9.82. The third kappa shape index (κ3) is 7.36. The first kappa shape index (κ1) is 40.3. The number of nitrogens with one attached hydrogen (secondary N) is 2. The Hall–Kier alpha value is -9.26. The van der Waals surface area contributed by atoms with Crippen LogP contribution in [0.25, 0.3) is 89.8 Å². The summed E-state index contributed by atoms with van der Waals surface area (Å²) in [5.41, 5.74) is 16.6. The Labute approximate surface area is 393 Å². The van der Waals surface area contributed by atoms with Gasteiger partial charge in [0, 0.05) is 55.3 Å². The van der Waals surface area contributed by atoms with E-state index < -0.39 is 0 Å². The molecule has 6 nitrogen and oxygen atoms in total. The minimum absolute atomic E-state index is 0.442. The van der Waals surface area contributed by atoms with Gasteiger partial charge in [-0.1, -0.05) is 231 Å². The molecule has 2 aromatic heterocycles. The van der Waals surface area contributed by atoms with Crippen molar-refractivity contribution in [3.05, 3.63) is 270 Å². The number of aromatic nitrogens is 3. The molecule has 6 heteroatoms. The number of allylic oxidation sites excluding steroid dienone is 1. The second-order valence-corrected chi connectivity index (χ2v) is 16.8. The second-order valence-electron chi connectivity index (χ2n) is 16.8. The molecule has 0 saturated heterocycles. The summed E-state index contributed by atoms with van der Waals surface area (Å²) >= 11 is 0. The fraction of sp³-hybridized carbons (Fsp3) is 0. The number of hydrogen-bond donors (Lipinski definition) is 2. The van der Waals surface area contributed by atoms with Gasteiger partial charge >= 0.3 is 0 Å². The lowest BCUT2D eigenvalue weighted by molar-refractivity contribution is 0.670. The molecule has 11 aromatic rings. The van der Waals surface area contributed by atoms with Crippen LogP contribution in [0.2, 0.25) is 0 Å². The van der Waals surface area contributed by atoms with Crippen LogP contribution < -0.4 is 5.32 Å². The van der Waals surface area contributed by atoms with E-state index in [1.165, 1.54) is 0 Å². The van der Waals surface area contributed by atoms with Crippen molar-refractivity contribution in [3.63, 3.8) is 0 Å². The Morgan fingerprint density at radius 1 is 0.368 bits per heavy atom. The molecular formula is C62H41N5O. The van der Waals surface area contributed by atoms with Crippen molar-refractivity contribution >= 4 is 50.2 Å². The second kappa shape index (κ2) is 17.3. The number of furan rings is 1. The normalized spacial score (nSPS) is 13.0. The molecule has 0 atom stereocenters. The van der Waals surface area contributed by atoms with Crippen molar-refractivity contribution in [1.29, 1.82) is 5.41 Å². The molecule has 12 rings (SSSR count). The molecule has 9 aromatic carbocycles. The van der Waals surface area contributed by atoms with Crippen LogP contribution in [0.4, 0.5) is 0 Å². The third-order valence-electron chi connectivity index (χ3n) is 12.6. The third-order valence-corrected chi connectivity index (χ3v) is 12.6. The standard InChI is InChI=1S/C62H41N5O/c63-56(43-20-7-2-8-21-43)55(41-18-5-1-6-19-41)58-51-28-14-13-27-50(51)54(57(64-58)44-22-9-3-10-23-44)42-34-38-47(39-35-42)62-66-60(45-24-11-4-12-25-45)65-61(67-62)46-36-32-40(33-37-46)48-29-17-30-52-49-26-15-16-31-53(49)68-59(48)52/h1-39,63-64H/b58-55-,63-56?. The van der Waals surface area contributed by atoms with E-state index in [-0.39, 0.29) is 0 Å². The van der Waals surface area contributed by atoms with Gasteiger partial charge < -0.3 is 9.73 Å². The molecule has 0 aliphatic carbocycles. The average Bonchev–Trinajstić information content (AvgIpc) is 3.81. The molecular weight excluding hydrogens is 831 g/mol. The van der Waals surface area contributed by atoms with Gasteiger partial charge in [-0.05, 0) is 33.9 Å². The molecule has 0 bridgehead atoms. The maximum absolute atomic E-state index is 9.69. The van der Waals surface area contributed by atoms with Crippen LogP contribution in [-0.4, -0.2) is 20.7 Å². The van der Waals surface area contributed by atoms with Gasteiger partial charge in [-0.3, -0.25) is 5.41 Å². The van der Waals surface area contributed by atoms with Crippen molar-refractivity contribution < 1.29 is 4.42 Å². The van der Waals surface area contributed by atoms with Crippen molar-refractivity contribution in [1.82, 2.24) is 20.3 Å². The zero-order valence-corrected chi connectivity index (χ0v) is 36.8. The highest BCUT2D eigenvalue weighted by molar-refractivity contribution is 6.36. The van der Waals surface area contributed by atoms with Gasteiger partial charge in [0.25, 0.3) is 0 Å². The van der Waals surface area contributed by atoms with Gasteiger partial charge in [-0.2, -0.15) is 0 Å².